The van der Waals surface area contributed by atoms with Crippen molar-refractivity contribution < 1.29 is 38.0 Å². The van der Waals surface area contributed by atoms with Gasteiger partial charge in [0.1, 0.15) is 34.5 Å². The van der Waals surface area contributed by atoms with Gasteiger partial charge in [0.05, 0.1) is 28.4 Å². The van der Waals surface area contributed by atoms with E-state index in [9.17, 15) is 14.6 Å². The topological polar surface area (TPSA) is 104 Å². The largest absolute Gasteiger partial charge is 0.507 e. The minimum atomic E-state index is -3.64. The number of phenolic OH excluding ortho intramolecular Hbond substituents is 1. The predicted molar refractivity (Wildman–Crippen MR) is 279 cm³/mol. The summed E-state index contributed by atoms with van der Waals surface area (Å²) in [6, 6.07) is 63.7. The molecule has 340 valence electrons. The molecule has 10 aromatic rings. The van der Waals surface area contributed by atoms with Gasteiger partial charge in [-0.2, -0.15) is 0 Å². The summed E-state index contributed by atoms with van der Waals surface area (Å²) in [5, 5.41) is 16.3. The number of ether oxygens (including phenoxy) is 4. The molecule has 0 radical (unpaired) electrons. The maximum Gasteiger partial charge on any atom is 0.365 e. The van der Waals surface area contributed by atoms with Gasteiger partial charge < -0.3 is 33.5 Å². The number of phenols is 1. The van der Waals surface area contributed by atoms with Gasteiger partial charge in [0.15, 0.2) is 0 Å². The van der Waals surface area contributed by atoms with E-state index in [0.717, 1.165) is 100 Å². The standard InChI is InChI=1S/C60H47O8P/c1-64-49-21-13-37(14-22-49)43-29-44(38-15-23-50(65-2)24-16-38)32-47(31-43)55-35-41-9-5-7-11-53(41)57(59(55)61)58-54-12-8-6-10-42(54)36-56(60(58)68-69(62)63)48-33-45(39-17-25-51(66-3)26-18-39)30-46(34-48)40-19-27-52(67-4)28-20-40/h5-36,61,69H,1-4H3,(H,62,63). The zero-order valence-electron chi connectivity index (χ0n) is 38.3. The Hall–Kier alpha value is -8.29. The van der Waals surface area contributed by atoms with Crippen LogP contribution in [0.3, 0.4) is 0 Å². The van der Waals surface area contributed by atoms with Crippen LogP contribution in [0.25, 0.3) is 99.4 Å². The monoisotopic (exact) mass is 926 g/mol. The molecule has 69 heavy (non-hydrogen) atoms. The van der Waals surface area contributed by atoms with Gasteiger partial charge >= 0.3 is 8.25 Å². The Kier molecular flexibility index (Phi) is 12.4. The fourth-order valence-electron chi connectivity index (χ4n) is 9.16. The van der Waals surface area contributed by atoms with Crippen LogP contribution in [0.4, 0.5) is 0 Å². The molecule has 0 amide bonds. The number of benzene rings is 10. The Bertz CT molecular complexity index is 3400. The lowest BCUT2D eigenvalue weighted by Crippen LogP contribution is -1.96. The molecule has 10 rings (SSSR count). The highest BCUT2D eigenvalue weighted by Crippen LogP contribution is 2.54. The Balaban J connectivity index is 1.26. The van der Waals surface area contributed by atoms with Crippen LogP contribution in [0, 0.1) is 0 Å². The zero-order chi connectivity index (χ0) is 47.6. The highest BCUT2D eigenvalue weighted by Gasteiger charge is 2.26. The molecule has 0 saturated heterocycles. The average molecular weight is 927 g/mol. The molecule has 0 aliphatic carbocycles. The minimum Gasteiger partial charge on any atom is -0.507 e. The third-order valence-electron chi connectivity index (χ3n) is 12.6. The van der Waals surface area contributed by atoms with E-state index in [2.05, 4.69) is 36.4 Å². The predicted octanol–water partition coefficient (Wildman–Crippen LogP) is 15.2. The highest BCUT2D eigenvalue weighted by atomic mass is 31.1. The number of methoxy groups -OCH3 is 4. The fraction of sp³-hybridized carbons (Fsp3) is 0.0667. The minimum absolute atomic E-state index is 0.0167. The third kappa shape index (κ3) is 8.87. The second-order valence-corrected chi connectivity index (χ2v) is 17.3. The molecule has 2 N–H and O–H groups in total. The van der Waals surface area contributed by atoms with Crippen LogP contribution >= 0.6 is 8.25 Å². The van der Waals surface area contributed by atoms with Crippen LogP contribution in [0.1, 0.15) is 0 Å². The number of hydrogen-bond donors (Lipinski definition) is 2. The first-order valence-corrected chi connectivity index (χ1v) is 23.6. The van der Waals surface area contributed by atoms with Crippen molar-refractivity contribution in [3.05, 3.63) is 194 Å². The van der Waals surface area contributed by atoms with E-state index in [0.29, 0.717) is 22.3 Å². The molecule has 0 spiro atoms. The van der Waals surface area contributed by atoms with Gasteiger partial charge in [0.2, 0.25) is 0 Å². The van der Waals surface area contributed by atoms with E-state index < -0.39 is 8.25 Å². The van der Waals surface area contributed by atoms with Crippen LogP contribution < -0.4 is 23.5 Å². The summed E-state index contributed by atoms with van der Waals surface area (Å²) in [4.78, 5) is 10.9. The Morgan fingerprint density at radius 3 is 1.04 bits per heavy atom. The van der Waals surface area contributed by atoms with Gasteiger partial charge in [0.25, 0.3) is 0 Å². The number of hydrogen-bond acceptors (Lipinski definition) is 7. The van der Waals surface area contributed by atoms with Crippen LogP contribution in [0.2, 0.25) is 0 Å². The third-order valence-corrected chi connectivity index (χ3v) is 13.0. The molecular weight excluding hydrogens is 880 g/mol. The quantitative estimate of drug-likeness (QED) is 0.110. The summed E-state index contributed by atoms with van der Waals surface area (Å²) < 4.78 is 41.5. The van der Waals surface area contributed by atoms with Crippen molar-refractivity contribution in [2.24, 2.45) is 0 Å². The maximum atomic E-state index is 13.3. The number of fused-ring (bicyclic) bond motifs is 2. The van der Waals surface area contributed by atoms with Gasteiger partial charge in [-0.25, -0.2) is 4.57 Å². The van der Waals surface area contributed by atoms with Crippen molar-refractivity contribution in [1.82, 2.24) is 0 Å². The van der Waals surface area contributed by atoms with Gasteiger partial charge in [-0.05, 0) is 174 Å². The number of aromatic hydroxyl groups is 1. The Morgan fingerprint density at radius 1 is 0.362 bits per heavy atom. The van der Waals surface area contributed by atoms with Crippen molar-refractivity contribution in [3.63, 3.8) is 0 Å². The molecule has 0 heterocycles. The van der Waals surface area contributed by atoms with Crippen LogP contribution in [-0.4, -0.2) is 38.4 Å². The molecule has 1 unspecified atom stereocenters. The summed E-state index contributed by atoms with van der Waals surface area (Å²) in [7, 11) is 2.93. The fourth-order valence-corrected chi connectivity index (χ4v) is 9.55. The van der Waals surface area contributed by atoms with E-state index in [1.54, 1.807) is 28.4 Å². The molecule has 9 heteroatoms. The molecule has 0 aromatic heterocycles. The molecular formula is C60H47O8P. The van der Waals surface area contributed by atoms with E-state index in [1.165, 1.54) is 0 Å². The molecule has 0 bridgehead atoms. The summed E-state index contributed by atoms with van der Waals surface area (Å²) in [5.74, 6) is 3.08. The van der Waals surface area contributed by atoms with Crippen molar-refractivity contribution in [2.75, 3.05) is 28.4 Å². The second kappa shape index (κ2) is 19.1. The SMILES string of the molecule is COc1ccc(-c2cc(-c3ccc(OC)cc3)cc(-c3cc4ccccc4c(-c4c(O[PH](=O)O)c(-c5cc(-c6ccc(OC)cc6)cc(-c6ccc(OC)cc6)c5)cc5ccccc45)c3O)c2)cc1. The van der Waals surface area contributed by atoms with Gasteiger partial charge in [0, 0.05) is 22.3 Å². The van der Waals surface area contributed by atoms with Gasteiger partial charge in [-0.15, -0.1) is 0 Å². The molecule has 0 saturated carbocycles. The Labute approximate surface area is 401 Å². The van der Waals surface area contributed by atoms with Gasteiger partial charge in [-0.1, -0.05) is 97.1 Å². The first-order valence-electron chi connectivity index (χ1n) is 22.3. The second-order valence-electron chi connectivity index (χ2n) is 16.6. The highest BCUT2D eigenvalue weighted by molar-refractivity contribution is 7.32. The molecule has 10 aromatic carbocycles. The summed E-state index contributed by atoms with van der Waals surface area (Å²) in [5.41, 5.74) is 11.0. The first kappa shape index (κ1) is 44.5. The number of rotatable bonds is 13. The molecule has 1 atom stereocenters. The van der Waals surface area contributed by atoms with Crippen molar-refractivity contribution in [2.45, 2.75) is 0 Å². The van der Waals surface area contributed by atoms with Crippen LogP contribution in [0.15, 0.2) is 194 Å². The first-order chi connectivity index (χ1) is 33.7. The smallest absolute Gasteiger partial charge is 0.365 e. The van der Waals surface area contributed by atoms with E-state index in [1.807, 2.05) is 158 Å². The normalized spacial score (nSPS) is 11.6. The van der Waals surface area contributed by atoms with Crippen LogP contribution in [0.5, 0.6) is 34.5 Å². The summed E-state index contributed by atoms with van der Waals surface area (Å²) in [6.45, 7) is 0. The van der Waals surface area contributed by atoms with E-state index in [-0.39, 0.29) is 11.5 Å². The lowest BCUT2D eigenvalue weighted by molar-refractivity contribution is 0.411. The zero-order valence-corrected chi connectivity index (χ0v) is 39.3. The lowest BCUT2D eigenvalue weighted by Gasteiger charge is -2.22. The van der Waals surface area contributed by atoms with Crippen molar-refractivity contribution in [3.8, 4) is 112 Å². The molecule has 0 aliphatic heterocycles. The molecule has 0 aliphatic rings. The van der Waals surface area contributed by atoms with Crippen molar-refractivity contribution in [1.29, 1.82) is 0 Å². The average Bonchev–Trinajstić information content (AvgIpc) is 3.40. The van der Waals surface area contributed by atoms with Crippen LogP contribution in [-0.2, 0) is 4.57 Å². The maximum absolute atomic E-state index is 13.3. The van der Waals surface area contributed by atoms with Crippen molar-refractivity contribution >= 4 is 29.8 Å². The molecule has 8 nitrogen and oxygen atoms in total. The summed E-state index contributed by atoms with van der Waals surface area (Å²) in [6.07, 6.45) is 0. The molecule has 0 fully saturated rings. The van der Waals surface area contributed by atoms with Gasteiger partial charge in [-0.3, -0.25) is 0 Å². The van der Waals surface area contributed by atoms with E-state index >= 15 is 0 Å². The Morgan fingerprint density at radius 2 is 0.681 bits per heavy atom. The summed E-state index contributed by atoms with van der Waals surface area (Å²) >= 11 is 0. The lowest BCUT2D eigenvalue weighted by atomic mass is 9.85. The van der Waals surface area contributed by atoms with E-state index in [4.69, 9.17) is 23.5 Å².